The fourth-order valence-electron chi connectivity index (χ4n) is 5.64. The summed E-state index contributed by atoms with van der Waals surface area (Å²) in [6.07, 6.45) is 3.66. The summed E-state index contributed by atoms with van der Waals surface area (Å²) in [5.74, 6) is 0.692. The lowest BCUT2D eigenvalue weighted by atomic mass is 10.0. The lowest BCUT2D eigenvalue weighted by Gasteiger charge is -2.11. The molecule has 202 valence electrons. The molecule has 0 amide bonds. The molecule has 5 nitrogen and oxygen atoms in total. The third kappa shape index (κ3) is 4.53. The Labute approximate surface area is 248 Å². The normalized spacial score (nSPS) is 11.3. The van der Waals surface area contributed by atoms with Crippen LogP contribution in [-0.4, -0.2) is 24.5 Å². The van der Waals surface area contributed by atoms with E-state index in [9.17, 15) is 0 Å². The average Bonchev–Trinajstić information content (AvgIpc) is 3.43. The van der Waals surface area contributed by atoms with Crippen LogP contribution in [0.3, 0.4) is 0 Å². The molecule has 0 unspecified atom stereocenters. The first-order chi connectivity index (χ1) is 21.3. The molecule has 0 radical (unpaired) electrons. The van der Waals surface area contributed by atoms with Gasteiger partial charge in [-0.2, -0.15) is 0 Å². The first-order valence-electron chi connectivity index (χ1n) is 14.2. The van der Waals surface area contributed by atoms with Crippen LogP contribution in [0.15, 0.2) is 152 Å². The van der Waals surface area contributed by atoms with Crippen LogP contribution in [-0.2, 0) is 0 Å². The van der Waals surface area contributed by atoms with Crippen molar-refractivity contribution in [3.8, 4) is 50.8 Å². The van der Waals surface area contributed by atoms with Gasteiger partial charge in [-0.15, -0.1) is 0 Å². The van der Waals surface area contributed by atoms with Gasteiger partial charge in [0.1, 0.15) is 5.65 Å². The molecule has 0 atom stereocenters. The van der Waals surface area contributed by atoms with Crippen molar-refractivity contribution in [3.05, 3.63) is 152 Å². The molecule has 0 aliphatic carbocycles. The number of fused-ring (bicyclic) bond motifs is 3. The Morgan fingerprint density at radius 3 is 1.74 bits per heavy atom. The SMILES string of the molecule is c1ccc(-c2nc(-c3ccc(-c4ccccn4)cc3)cc(-c3ccc(-n4c5ccccc5c5cccnc54)cc3)n2)cc1. The quantitative estimate of drug-likeness (QED) is 0.214. The van der Waals surface area contributed by atoms with Crippen LogP contribution in [0.25, 0.3) is 72.8 Å². The molecule has 8 aromatic rings. The van der Waals surface area contributed by atoms with Gasteiger partial charge in [0.05, 0.1) is 22.6 Å². The minimum atomic E-state index is 0.692. The van der Waals surface area contributed by atoms with Gasteiger partial charge < -0.3 is 0 Å². The smallest absolute Gasteiger partial charge is 0.160 e. The molecule has 0 spiro atoms. The van der Waals surface area contributed by atoms with Gasteiger partial charge in [-0.1, -0.05) is 91.0 Å². The maximum atomic E-state index is 5.02. The highest BCUT2D eigenvalue weighted by Gasteiger charge is 2.14. The highest BCUT2D eigenvalue weighted by Crippen LogP contribution is 2.33. The van der Waals surface area contributed by atoms with Crippen LogP contribution >= 0.6 is 0 Å². The second-order valence-corrected chi connectivity index (χ2v) is 10.4. The molecule has 43 heavy (non-hydrogen) atoms. The Morgan fingerprint density at radius 1 is 0.419 bits per heavy atom. The minimum absolute atomic E-state index is 0.692. The molecular formula is C38H25N5. The second-order valence-electron chi connectivity index (χ2n) is 10.4. The zero-order valence-corrected chi connectivity index (χ0v) is 23.2. The first kappa shape index (κ1) is 24.8. The van der Waals surface area contributed by atoms with Gasteiger partial charge >= 0.3 is 0 Å². The van der Waals surface area contributed by atoms with E-state index in [4.69, 9.17) is 15.0 Å². The molecule has 4 aromatic carbocycles. The maximum Gasteiger partial charge on any atom is 0.160 e. The van der Waals surface area contributed by atoms with Crippen molar-refractivity contribution >= 4 is 21.9 Å². The number of aromatic nitrogens is 5. The molecule has 4 heterocycles. The van der Waals surface area contributed by atoms with Gasteiger partial charge in [0.2, 0.25) is 0 Å². The molecular weight excluding hydrogens is 526 g/mol. The van der Waals surface area contributed by atoms with Crippen molar-refractivity contribution in [1.29, 1.82) is 0 Å². The lowest BCUT2D eigenvalue weighted by molar-refractivity contribution is 1.13. The van der Waals surface area contributed by atoms with E-state index in [0.717, 1.165) is 61.6 Å². The summed E-state index contributed by atoms with van der Waals surface area (Å²) < 4.78 is 2.22. The molecule has 0 N–H and O–H groups in total. The molecule has 0 fully saturated rings. The summed E-state index contributed by atoms with van der Waals surface area (Å²) in [5.41, 5.74) is 9.89. The van der Waals surface area contributed by atoms with Crippen LogP contribution in [0.2, 0.25) is 0 Å². The van der Waals surface area contributed by atoms with Gasteiger partial charge in [0.15, 0.2) is 5.82 Å². The standard InChI is InChI=1S/C38H25N5/c1-2-9-29(10-3-1)37-41-34(27-17-15-26(16-18-27)33-13-6-7-23-39-33)25-35(42-37)28-19-21-30(22-20-28)43-36-14-5-4-11-31(36)32-12-8-24-40-38(32)43/h1-25H. The monoisotopic (exact) mass is 551 g/mol. The summed E-state index contributed by atoms with van der Waals surface area (Å²) in [7, 11) is 0. The zero-order valence-electron chi connectivity index (χ0n) is 23.2. The third-order valence-electron chi connectivity index (χ3n) is 7.75. The second kappa shape index (κ2) is 10.5. The molecule has 5 heteroatoms. The average molecular weight is 552 g/mol. The molecule has 0 aliphatic heterocycles. The number of nitrogens with zero attached hydrogens (tertiary/aromatic N) is 5. The summed E-state index contributed by atoms with van der Waals surface area (Å²) in [5, 5.41) is 2.33. The molecule has 4 aromatic heterocycles. The summed E-state index contributed by atoms with van der Waals surface area (Å²) in [6, 6.07) is 47.6. The summed E-state index contributed by atoms with van der Waals surface area (Å²) in [4.78, 5) is 19.2. The van der Waals surface area contributed by atoms with Crippen molar-refractivity contribution in [2.75, 3.05) is 0 Å². The van der Waals surface area contributed by atoms with E-state index in [2.05, 4.69) is 94.5 Å². The van der Waals surface area contributed by atoms with E-state index in [0.29, 0.717) is 5.82 Å². The number of pyridine rings is 2. The first-order valence-corrected chi connectivity index (χ1v) is 14.2. The lowest BCUT2D eigenvalue weighted by Crippen LogP contribution is -1.97. The van der Waals surface area contributed by atoms with Gasteiger partial charge in [0, 0.05) is 51.1 Å². The molecule has 0 aliphatic rings. The summed E-state index contributed by atoms with van der Waals surface area (Å²) >= 11 is 0. The Bertz CT molecular complexity index is 2150. The van der Waals surface area contributed by atoms with Crippen molar-refractivity contribution < 1.29 is 0 Å². The van der Waals surface area contributed by atoms with Crippen molar-refractivity contribution in [2.24, 2.45) is 0 Å². The van der Waals surface area contributed by atoms with E-state index in [1.807, 2.05) is 67.0 Å². The zero-order chi connectivity index (χ0) is 28.6. The summed E-state index contributed by atoms with van der Waals surface area (Å²) in [6.45, 7) is 0. The predicted octanol–water partition coefficient (Wildman–Crippen LogP) is 9.03. The van der Waals surface area contributed by atoms with Gasteiger partial charge in [0.25, 0.3) is 0 Å². The predicted molar refractivity (Wildman–Crippen MR) is 174 cm³/mol. The Morgan fingerprint density at radius 2 is 1.02 bits per heavy atom. The van der Waals surface area contributed by atoms with E-state index in [1.54, 1.807) is 0 Å². The topological polar surface area (TPSA) is 56.5 Å². The van der Waals surface area contributed by atoms with Crippen molar-refractivity contribution in [3.63, 3.8) is 0 Å². The maximum absolute atomic E-state index is 5.02. The van der Waals surface area contributed by atoms with E-state index >= 15 is 0 Å². The molecule has 0 saturated heterocycles. The van der Waals surface area contributed by atoms with Crippen molar-refractivity contribution in [1.82, 2.24) is 24.5 Å². The number of hydrogen-bond acceptors (Lipinski definition) is 4. The van der Waals surface area contributed by atoms with Crippen LogP contribution in [0.1, 0.15) is 0 Å². The highest BCUT2D eigenvalue weighted by atomic mass is 15.0. The Balaban J connectivity index is 1.22. The highest BCUT2D eigenvalue weighted by molar-refractivity contribution is 6.07. The fraction of sp³-hybridized carbons (Fsp3) is 0. The number of benzene rings is 4. The Hall–Kier alpha value is -5.94. The molecule has 8 rings (SSSR count). The number of hydrogen-bond donors (Lipinski definition) is 0. The van der Waals surface area contributed by atoms with Gasteiger partial charge in [-0.05, 0) is 48.5 Å². The largest absolute Gasteiger partial charge is 0.294 e. The van der Waals surface area contributed by atoms with Gasteiger partial charge in [-0.25, -0.2) is 15.0 Å². The number of para-hydroxylation sites is 1. The fourth-order valence-corrected chi connectivity index (χ4v) is 5.64. The number of rotatable bonds is 5. The van der Waals surface area contributed by atoms with E-state index < -0.39 is 0 Å². The van der Waals surface area contributed by atoms with Crippen molar-refractivity contribution in [2.45, 2.75) is 0 Å². The van der Waals surface area contributed by atoms with Crippen LogP contribution in [0, 0.1) is 0 Å². The van der Waals surface area contributed by atoms with Crippen LogP contribution in [0.4, 0.5) is 0 Å². The van der Waals surface area contributed by atoms with Crippen LogP contribution in [0.5, 0.6) is 0 Å². The molecule has 0 bridgehead atoms. The van der Waals surface area contributed by atoms with Crippen LogP contribution < -0.4 is 0 Å². The third-order valence-corrected chi connectivity index (χ3v) is 7.75. The molecule has 0 saturated carbocycles. The van der Waals surface area contributed by atoms with E-state index in [1.165, 1.54) is 5.39 Å². The minimum Gasteiger partial charge on any atom is -0.294 e. The van der Waals surface area contributed by atoms with E-state index in [-0.39, 0.29) is 0 Å². The Kier molecular flexibility index (Phi) is 6.05. The van der Waals surface area contributed by atoms with Gasteiger partial charge in [-0.3, -0.25) is 9.55 Å².